The fourth-order valence-electron chi connectivity index (χ4n) is 2.70. The standard InChI is InChI=1S/C20H16ClN5O6S/c1-13(14-2-8-17(9-3-14)25(27)28)22-23-19-11-10-18(26(29)30)12-20(19)33(31,32)24-16-6-4-15(21)5-7-16/h2-12,23-24H,1H3. The van der Waals surface area contributed by atoms with Crippen LogP contribution < -0.4 is 10.1 Å². The van der Waals surface area contributed by atoms with Crippen LogP contribution in [-0.2, 0) is 10.0 Å². The zero-order chi connectivity index (χ0) is 24.2. The fourth-order valence-corrected chi connectivity index (χ4v) is 4.06. The number of benzene rings is 3. The predicted octanol–water partition coefficient (Wildman–Crippen LogP) is 4.79. The number of nitro groups is 2. The number of nitrogens with one attached hydrogen (secondary N) is 2. The Morgan fingerprint density at radius 1 is 0.909 bits per heavy atom. The number of halogens is 1. The highest BCUT2D eigenvalue weighted by atomic mass is 35.5. The second-order valence-electron chi connectivity index (χ2n) is 6.66. The molecule has 0 bridgehead atoms. The Labute approximate surface area is 193 Å². The second kappa shape index (κ2) is 9.63. The Kier molecular flexibility index (Phi) is 6.89. The molecule has 13 heteroatoms. The summed E-state index contributed by atoms with van der Waals surface area (Å²) in [6, 6.07) is 14.8. The molecule has 11 nitrogen and oxygen atoms in total. The molecule has 0 heterocycles. The average molecular weight is 490 g/mol. The van der Waals surface area contributed by atoms with E-state index in [-0.39, 0.29) is 17.1 Å². The van der Waals surface area contributed by atoms with Gasteiger partial charge in [-0.15, -0.1) is 0 Å². The summed E-state index contributed by atoms with van der Waals surface area (Å²) in [6.45, 7) is 1.61. The lowest BCUT2D eigenvalue weighted by Gasteiger charge is -2.12. The van der Waals surface area contributed by atoms with Gasteiger partial charge in [0, 0.05) is 35.0 Å². The second-order valence-corrected chi connectivity index (χ2v) is 8.75. The highest BCUT2D eigenvalue weighted by molar-refractivity contribution is 7.92. The maximum atomic E-state index is 13.0. The number of non-ortho nitro benzene ring substituents is 2. The Balaban J connectivity index is 1.94. The number of hydrogen-bond acceptors (Lipinski definition) is 8. The SMILES string of the molecule is CC(=NNc1ccc([N+](=O)[O-])cc1S(=O)(=O)Nc1ccc(Cl)cc1)c1ccc([N+](=O)[O-])cc1. The minimum absolute atomic E-state index is 0.0108. The Hall–Kier alpha value is -4.03. The summed E-state index contributed by atoms with van der Waals surface area (Å²) < 4.78 is 28.3. The van der Waals surface area contributed by atoms with Gasteiger partial charge in [-0.2, -0.15) is 5.10 Å². The predicted molar refractivity (Wildman–Crippen MR) is 124 cm³/mol. The summed E-state index contributed by atoms with van der Waals surface area (Å²) in [5.74, 6) is 0. The highest BCUT2D eigenvalue weighted by Crippen LogP contribution is 2.29. The van der Waals surface area contributed by atoms with Gasteiger partial charge < -0.3 is 0 Å². The minimum Gasteiger partial charge on any atom is -0.280 e. The zero-order valence-corrected chi connectivity index (χ0v) is 18.5. The van der Waals surface area contributed by atoms with Gasteiger partial charge in [0.15, 0.2) is 0 Å². The summed E-state index contributed by atoms with van der Waals surface area (Å²) >= 11 is 5.82. The van der Waals surface area contributed by atoms with E-state index in [4.69, 9.17) is 11.6 Å². The van der Waals surface area contributed by atoms with Crippen LogP contribution in [0.25, 0.3) is 0 Å². The van der Waals surface area contributed by atoms with Crippen molar-refractivity contribution in [3.05, 3.63) is 97.5 Å². The van der Waals surface area contributed by atoms with Crippen molar-refractivity contribution >= 4 is 50.1 Å². The number of sulfonamides is 1. The van der Waals surface area contributed by atoms with Crippen molar-refractivity contribution in [2.24, 2.45) is 5.10 Å². The van der Waals surface area contributed by atoms with Gasteiger partial charge in [-0.25, -0.2) is 8.42 Å². The van der Waals surface area contributed by atoms with Crippen molar-refractivity contribution in [1.82, 2.24) is 0 Å². The molecule has 0 fully saturated rings. The first kappa shape index (κ1) is 23.6. The molecule has 0 radical (unpaired) electrons. The molecule has 3 aromatic rings. The summed E-state index contributed by atoms with van der Waals surface area (Å²) in [4.78, 5) is 20.3. The average Bonchev–Trinajstić information content (AvgIpc) is 2.78. The van der Waals surface area contributed by atoms with Gasteiger partial charge in [0.25, 0.3) is 21.4 Å². The number of anilines is 2. The molecule has 0 saturated heterocycles. The first-order valence-corrected chi connectivity index (χ1v) is 11.0. The Bertz CT molecular complexity index is 1340. The van der Waals surface area contributed by atoms with Crippen LogP contribution in [0.15, 0.2) is 76.7 Å². The van der Waals surface area contributed by atoms with Crippen molar-refractivity contribution in [2.45, 2.75) is 11.8 Å². The molecule has 0 atom stereocenters. The van der Waals surface area contributed by atoms with Crippen molar-refractivity contribution in [3.63, 3.8) is 0 Å². The van der Waals surface area contributed by atoms with Crippen LogP contribution in [0.3, 0.4) is 0 Å². The lowest BCUT2D eigenvalue weighted by Crippen LogP contribution is -2.15. The maximum Gasteiger partial charge on any atom is 0.270 e. The van der Waals surface area contributed by atoms with Crippen LogP contribution in [0, 0.1) is 20.2 Å². The lowest BCUT2D eigenvalue weighted by molar-refractivity contribution is -0.385. The third-order valence-electron chi connectivity index (χ3n) is 4.40. The Morgan fingerprint density at radius 2 is 1.48 bits per heavy atom. The molecule has 0 unspecified atom stereocenters. The van der Waals surface area contributed by atoms with Crippen molar-refractivity contribution in [3.8, 4) is 0 Å². The first-order chi connectivity index (χ1) is 15.6. The van der Waals surface area contributed by atoms with Gasteiger partial charge in [0.2, 0.25) is 0 Å². The zero-order valence-electron chi connectivity index (χ0n) is 16.9. The molecular formula is C20H16ClN5O6S. The van der Waals surface area contributed by atoms with Crippen molar-refractivity contribution in [1.29, 1.82) is 0 Å². The van der Waals surface area contributed by atoms with E-state index in [1.807, 2.05) is 0 Å². The molecule has 0 aliphatic carbocycles. The normalized spacial score (nSPS) is 11.6. The van der Waals surface area contributed by atoms with Crippen LogP contribution in [-0.4, -0.2) is 24.0 Å². The summed E-state index contributed by atoms with van der Waals surface area (Å²) in [5, 5.41) is 26.5. The van der Waals surface area contributed by atoms with Gasteiger partial charge >= 0.3 is 0 Å². The first-order valence-electron chi connectivity index (χ1n) is 9.19. The van der Waals surface area contributed by atoms with Crippen LogP contribution in [0.4, 0.5) is 22.7 Å². The van der Waals surface area contributed by atoms with E-state index in [2.05, 4.69) is 15.2 Å². The van der Waals surface area contributed by atoms with E-state index in [1.54, 1.807) is 6.92 Å². The largest absolute Gasteiger partial charge is 0.280 e. The highest BCUT2D eigenvalue weighted by Gasteiger charge is 2.23. The number of nitrogens with zero attached hydrogens (tertiary/aromatic N) is 3. The van der Waals surface area contributed by atoms with Gasteiger partial charge in [-0.3, -0.25) is 30.4 Å². The van der Waals surface area contributed by atoms with Crippen LogP contribution in [0.2, 0.25) is 5.02 Å². The van der Waals surface area contributed by atoms with E-state index in [0.29, 0.717) is 16.3 Å². The molecule has 0 spiro atoms. The fraction of sp³-hybridized carbons (Fsp3) is 0.0500. The molecular weight excluding hydrogens is 474 g/mol. The van der Waals surface area contributed by atoms with E-state index >= 15 is 0 Å². The Morgan fingerprint density at radius 3 is 2.06 bits per heavy atom. The van der Waals surface area contributed by atoms with Gasteiger partial charge in [-0.1, -0.05) is 11.6 Å². The lowest BCUT2D eigenvalue weighted by atomic mass is 10.1. The third kappa shape index (κ3) is 5.81. The van der Waals surface area contributed by atoms with E-state index in [0.717, 1.165) is 12.1 Å². The number of rotatable bonds is 8. The molecule has 3 rings (SSSR count). The summed E-state index contributed by atoms with van der Waals surface area (Å²) in [5.41, 5.74) is 3.25. The monoisotopic (exact) mass is 489 g/mol. The van der Waals surface area contributed by atoms with E-state index < -0.39 is 30.5 Å². The van der Waals surface area contributed by atoms with Crippen molar-refractivity contribution in [2.75, 3.05) is 10.1 Å². The molecule has 0 saturated carbocycles. The molecule has 0 amide bonds. The third-order valence-corrected chi connectivity index (χ3v) is 6.08. The van der Waals surface area contributed by atoms with E-state index in [9.17, 15) is 28.6 Å². The smallest absolute Gasteiger partial charge is 0.270 e. The molecule has 170 valence electrons. The van der Waals surface area contributed by atoms with Crippen molar-refractivity contribution < 1.29 is 18.3 Å². The number of hydrazone groups is 1. The molecule has 0 aliphatic rings. The minimum atomic E-state index is -4.24. The number of hydrogen-bond donors (Lipinski definition) is 2. The summed E-state index contributed by atoms with van der Waals surface area (Å²) in [7, 11) is -4.24. The van der Waals surface area contributed by atoms with Crippen LogP contribution in [0.1, 0.15) is 12.5 Å². The summed E-state index contributed by atoms with van der Waals surface area (Å²) in [6.07, 6.45) is 0. The topological polar surface area (TPSA) is 157 Å². The van der Waals surface area contributed by atoms with Gasteiger partial charge in [0.05, 0.1) is 21.2 Å². The van der Waals surface area contributed by atoms with Crippen LogP contribution in [0.5, 0.6) is 0 Å². The molecule has 3 aromatic carbocycles. The van der Waals surface area contributed by atoms with Crippen LogP contribution >= 0.6 is 11.6 Å². The molecule has 2 N–H and O–H groups in total. The van der Waals surface area contributed by atoms with Gasteiger partial charge in [0.1, 0.15) is 4.90 Å². The molecule has 0 aromatic heterocycles. The van der Waals surface area contributed by atoms with Gasteiger partial charge in [-0.05, 0) is 55.0 Å². The van der Waals surface area contributed by atoms with E-state index in [1.165, 1.54) is 54.6 Å². The molecule has 33 heavy (non-hydrogen) atoms. The maximum absolute atomic E-state index is 13.0. The molecule has 0 aliphatic heterocycles. The quantitative estimate of drug-likeness (QED) is 0.261. The number of nitro benzene ring substituents is 2.